The molecule has 4 rings (SSSR count). The van der Waals surface area contributed by atoms with E-state index in [0.717, 1.165) is 57.5 Å². The second-order valence-electron chi connectivity index (χ2n) is 9.29. The lowest BCUT2D eigenvalue weighted by Gasteiger charge is -2.47. The molecule has 8 nitrogen and oxygen atoms in total. The summed E-state index contributed by atoms with van der Waals surface area (Å²) in [6.45, 7) is 5.83. The van der Waals surface area contributed by atoms with Crippen LogP contribution in [0.5, 0.6) is 0 Å². The zero-order valence-corrected chi connectivity index (χ0v) is 19.9. The summed E-state index contributed by atoms with van der Waals surface area (Å²) in [5, 5.41) is 6.03. The number of rotatable bonds is 7. The van der Waals surface area contributed by atoms with E-state index in [-0.39, 0.29) is 35.6 Å². The van der Waals surface area contributed by atoms with E-state index in [1.807, 2.05) is 11.8 Å². The molecule has 2 aromatic rings. The number of benzene rings is 1. The summed E-state index contributed by atoms with van der Waals surface area (Å²) in [6, 6.07) is 4.10. The summed E-state index contributed by atoms with van der Waals surface area (Å²) in [5.41, 5.74) is -0.426. The van der Waals surface area contributed by atoms with E-state index in [1.165, 1.54) is 12.4 Å². The fourth-order valence-electron chi connectivity index (χ4n) is 5.19. The molecule has 1 aliphatic carbocycles. The van der Waals surface area contributed by atoms with Gasteiger partial charge in [0.15, 0.2) is 0 Å². The molecule has 1 aromatic carbocycles. The highest BCUT2D eigenvalue weighted by atomic mass is 19.4. The molecule has 0 unspecified atom stereocenters. The number of aromatic nitrogens is 2. The Hall–Kier alpha value is -2.95. The maximum Gasteiger partial charge on any atom is 0.416 e. The number of alkyl halides is 3. The molecule has 2 N–H and O–H groups in total. The number of carbonyl (C=O) groups excluding carboxylic acids is 2. The number of nitrogens with zero attached hydrogens (tertiary/aromatic N) is 4. The Morgan fingerprint density at radius 2 is 1.86 bits per heavy atom. The van der Waals surface area contributed by atoms with Gasteiger partial charge in [-0.25, -0.2) is 9.97 Å². The van der Waals surface area contributed by atoms with E-state index in [1.54, 1.807) is 6.92 Å². The van der Waals surface area contributed by atoms with E-state index in [0.29, 0.717) is 17.6 Å². The molecule has 0 bridgehead atoms. The maximum absolute atomic E-state index is 13.1. The first-order valence-corrected chi connectivity index (χ1v) is 12.0. The smallest absolute Gasteiger partial charge is 0.360 e. The van der Waals surface area contributed by atoms with Crippen LogP contribution in [-0.2, 0) is 15.8 Å². The fraction of sp³-hybridized carbons (Fsp3) is 0.583. The second kappa shape index (κ2) is 10.3. The van der Waals surface area contributed by atoms with Crippen molar-refractivity contribution in [1.82, 2.24) is 25.1 Å². The standard InChI is InChI=1S/C24H31F3N6O2/c1-3-33(15(2)34)19-7-5-18(6-8-19)32-12-17(13-32)31-22(35)11-28-23-20-10-16(24(25,26)27)4-9-21(20)29-14-30-23/h4,9-10,14,17-19H,3,5-8,11-13H2,1-2H3,(H,31,35)(H,28,29,30)/t18-,19-. The highest BCUT2D eigenvalue weighted by Crippen LogP contribution is 2.32. The van der Waals surface area contributed by atoms with Crippen molar-refractivity contribution in [2.45, 2.75) is 63.8 Å². The third-order valence-corrected chi connectivity index (χ3v) is 7.02. The van der Waals surface area contributed by atoms with Crippen molar-refractivity contribution in [3.8, 4) is 0 Å². The molecular weight excluding hydrogens is 461 g/mol. The summed E-state index contributed by atoms with van der Waals surface area (Å²) in [7, 11) is 0. The molecule has 2 amide bonds. The SMILES string of the molecule is CCN(C(C)=O)[C@H]1CC[C@H](N2CC(NC(=O)CNc3ncnc4ccc(C(F)(F)F)cc34)C2)CC1. The number of anilines is 1. The van der Waals surface area contributed by atoms with Gasteiger partial charge >= 0.3 is 6.18 Å². The molecule has 0 radical (unpaired) electrons. The van der Waals surface area contributed by atoms with Gasteiger partial charge in [-0.2, -0.15) is 13.2 Å². The van der Waals surface area contributed by atoms with Crippen LogP contribution in [0.25, 0.3) is 10.9 Å². The Morgan fingerprint density at radius 3 is 2.49 bits per heavy atom. The van der Waals surface area contributed by atoms with Crippen molar-refractivity contribution in [2.24, 2.45) is 0 Å². The van der Waals surface area contributed by atoms with Crippen molar-refractivity contribution in [2.75, 3.05) is 31.5 Å². The van der Waals surface area contributed by atoms with Gasteiger partial charge in [0.25, 0.3) is 0 Å². The molecule has 0 spiro atoms. The van der Waals surface area contributed by atoms with Gasteiger partial charge in [0, 0.05) is 44.0 Å². The van der Waals surface area contributed by atoms with Gasteiger partial charge in [0.1, 0.15) is 12.1 Å². The molecule has 2 fully saturated rings. The van der Waals surface area contributed by atoms with Crippen LogP contribution in [0, 0.1) is 0 Å². The summed E-state index contributed by atoms with van der Waals surface area (Å²) in [5.74, 6) is 0.0825. The lowest BCUT2D eigenvalue weighted by molar-refractivity contribution is -0.137. The molecule has 190 valence electrons. The lowest BCUT2D eigenvalue weighted by atomic mass is 9.87. The second-order valence-corrected chi connectivity index (χ2v) is 9.29. The first-order chi connectivity index (χ1) is 16.7. The minimum Gasteiger partial charge on any atom is -0.360 e. The van der Waals surface area contributed by atoms with Crippen molar-refractivity contribution in [3.05, 3.63) is 30.1 Å². The Morgan fingerprint density at radius 1 is 1.14 bits per heavy atom. The number of carbonyl (C=O) groups is 2. The predicted octanol–water partition coefficient (Wildman–Crippen LogP) is 3.04. The van der Waals surface area contributed by atoms with Crippen LogP contribution in [0.2, 0.25) is 0 Å². The van der Waals surface area contributed by atoms with Crippen molar-refractivity contribution >= 4 is 28.5 Å². The minimum absolute atomic E-state index is 0.0466. The van der Waals surface area contributed by atoms with Gasteiger partial charge in [-0.1, -0.05) is 0 Å². The number of nitrogens with one attached hydrogen (secondary N) is 2. The van der Waals surface area contributed by atoms with Gasteiger partial charge in [-0.15, -0.1) is 0 Å². The number of hydrogen-bond acceptors (Lipinski definition) is 6. The van der Waals surface area contributed by atoms with Crippen molar-refractivity contribution in [1.29, 1.82) is 0 Å². The number of amides is 2. The molecule has 2 aliphatic rings. The third kappa shape index (κ3) is 5.83. The largest absolute Gasteiger partial charge is 0.416 e. The monoisotopic (exact) mass is 492 g/mol. The van der Waals surface area contributed by atoms with E-state index in [2.05, 4.69) is 25.5 Å². The molecule has 1 saturated heterocycles. The number of likely N-dealkylation sites (tertiary alicyclic amines) is 1. The molecule has 2 heterocycles. The van der Waals surface area contributed by atoms with Crippen LogP contribution >= 0.6 is 0 Å². The fourth-order valence-corrected chi connectivity index (χ4v) is 5.19. The van der Waals surface area contributed by atoms with Gasteiger partial charge < -0.3 is 15.5 Å². The zero-order valence-electron chi connectivity index (χ0n) is 19.9. The van der Waals surface area contributed by atoms with Crippen LogP contribution in [0.15, 0.2) is 24.5 Å². The van der Waals surface area contributed by atoms with E-state index in [4.69, 9.17) is 0 Å². The van der Waals surface area contributed by atoms with Gasteiger partial charge in [-0.3, -0.25) is 14.5 Å². The topological polar surface area (TPSA) is 90.5 Å². The molecule has 35 heavy (non-hydrogen) atoms. The van der Waals surface area contributed by atoms with Gasteiger partial charge in [0.2, 0.25) is 11.8 Å². The highest BCUT2D eigenvalue weighted by Gasteiger charge is 2.36. The van der Waals surface area contributed by atoms with Crippen molar-refractivity contribution < 1.29 is 22.8 Å². The van der Waals surface area contributed by atoms with Gasteiger partial charge in [0.05, 0.1) is 23.7 Å². The third-order valence-electron chi connectivity index (χ3n) is 7.02. The summed E-state index contributed by atoms with van der Waals surface area (Å²) >= 11 is 0. The van der Waals surface area contributed by atoms with E-state index < -0.39 is 11.7 Å². The summed E-state index contributed by atoms with van der Waals surface area (Å²) < 4.78 is 39.2. The normalized spacial score (nSPS) is 21.4. The Kier molecular flexibility index (Phi) is 7.44. The molecule has 1 saturated carbocycles. The van der Waals surface area contributed by atoms with Crippen LogP contribution < -0.4 is 10.6 Å². The van der Waals surface area contributed by atoms with Crippen LogP contribution in [0.1, 0.15) is 45.1 Å². The molecule has 1 aliphatic heterocycles. The average molecular weight is 493 g/mol. The summed E-state index contributed by atoms with van der Waals surface area (Å²) in [6.07, 6.45) is 0.854. The Balaban J connectivity index is 1.23. The number of fused-ring (bicyclic) bond motifs is 1. The van der Waals surface area contributed by atoms with Crippen LogP contribution in [0.3, 0.4) is 0 Å². The van der Waals surface area contributed by atoms with Gasteiger partial charge in [-0.05, 0) is 50.8 Å². The van der Waals surface area contributed by atoms with Crippen LogP contribution in [-0.4, -0.2) is 75.9 Å². The zero-order chi connectivity index (χ0) is 25.2. The molecule has 1 aromatic heterocycles. The Labute approximate surface area is 202 Å². The highest BCUT2D eigenvalue weighted by molar-refractivity contribution is 5.91. The molecule has 11 heteroatoms. The first kappa shape index (κ1) is 25.2. The predicted molar refractivity (Wildman–Crippen MR) is 126 cm³/mol. The summed E-state index contributed by atoms with van der Waals surface area (Å²) in [4.78, 5) is 36.6. The molecular formula is C24H31F3N6O2. The maximum atomic E-state index is 13.1. The minimum atomic E-state index is -4.48. The average Bonchev–Trinajstić information content (AvgIpc) is 2.79. The number of hydrogen-bond donors (Lipinski definition) is 2. The van der Waals surface area contributed by atoms with Crippen LogP contribution in [0.4, 0.5) is 19.0 Å². The van der Waals surface area contributed by atoms with E-state index in [9.17, 15) is 22.8 Å². The Bertz CT molecular complexity index is 1060. The molecule has 0 atom stereocenters. The first-order valence-electron chi connectivity index (χ1n) is 12.0. The number of halogens is 3. The van der Waals surface area contributed by atoms with E-state index >= 15 is 0 Å². The lowest BCUT2D eigenvalue weighted by Crippen LogP contribution is -2.63. The quantitative estimate of drug-likeness (QED) is 0.618. The van der Waals surface area contributed by atoms with Crippen molar-refractivity contribution in [3.63, 3.8) is 0 Å².